The van der Waals surface area contributed by atoms with E-state index < -0.39 is 0 Å². The molecule has 22 heavy (non-hydrogen) atoms. The minimum Gasteiger partial charge on any atom is -0.370 e. The molecule has 0 aromatic carbocycles. The molecule has 0 aromatic rings. The number of guanidine groups is 1. The van der Waals surface area contributed by atoms with Crippen molar-refractivity contribution in [1.29, 1.82) is 0 Å². The van der Waals surface area contributed by atoms with Crippen LogP contribution in [-0.4, -0.2) is 31.5 Å². The Kier molecular flexibility index (Phi) is 16.1. The smallest absolute Gasteiger partial charge is 0.190 e. The van der Waals surface area contributed by atoms with Gasteiger partial charge in [-0.3, -0.25) is 4.99 Å². The largest absolute Gasteiger partial charge is 0.370 e. The molecule has 132 valence electrons. The Balaban J connectivity index is 3.10. The van der Waals surface area contributed by atoms with Crippen LogP contribution in [-0.2, 0) is 0 Å². The van der Waals surface area contributed by atoms with Crippen molar-refractivity contribution < 1.29 is 0 Å². The molecule has 0 saturated carbocycles. The molecular formula is C19H41N3. The quantitative estimate of drug-likeness (QED) is 0.252. The third-order valence-corrected chi connectivity index (χ3v) is 4.24. The Bertz CT molecular complexity index is 249. The lowest BCUT2D eigenvalue weighted by atomic mass is 10.0. The van der Waals surface area contributed by atoms with Gasteiger partial charge in [-0.2, -0.15) is 0 Å². The highest BCUT2D eigenvalue weighted by Gasteiger charge is 1.95. The zero-order chi connectivity index (χ0) is 16.5. The van der Waals surface area contributed by atoms with Crippen LogP contribution < -0.4 is 5.73 Å². The van der Waals surface area contributed by atoms with Crippen LogP contribution in [0.1, 0.15) is 96.8 Å². The summed E-state index contributed by atoms with van der Waals surface area (Å²) in [6.07, 6.45) is 19.5. The highest BCUT2D eigenvalue weighted by atomic mass is 15.2. The molecule has 3 heteroatoms. The summed E-state index contributed by atoms with van der Waals surface area (Å²) >= 11 is 0. The second-order valence-electron chi connectivity index (χ2n) is 6.73. The summed E-state index contributed by atoms with van der Waals surface area (Å²) in [5.74, 6) is 0.648. The van der Waals surface area contributed by atoms with Gasteiger partial charge in [0.1, 0.15) is 0 Å². The van der Waals surface area contributed by atoms with Crippen molar-refractivity contribution in [3.63, 3.8) is 0 Å². The van der Waals surface area contributed by atoms with Gasteiger partial charge >= 0.3 is 0 Å². The van der Waals surface area contributed by atoms with Gasteiger partial charge in [0.15, 0.2) is 5.96 Å². The Morgan fingerprint density at radius 2 is 1.05 bits per heavy atom. The van der Waals surface area contributed by atoms with Crippen LogP contribution >= 0.6 is 0 Å². The van der Waals surface area contributed by atoms with Crippen LogP contribution in [0.4, 0.5) is 0 Å². The first kappa shape index (κ1) is 21.3. The number of hydrogen-bond acceptors (Lipinski definition) is 1. The van der Waals surface area contributed by atoms with E-state index in [2.05, 4.69) is 11.9 Å². The monoisotopic (exact) mass is 311 g/mol. The normalized spacial score (nSPS) is 11.9. The number of aliphatic imine (C=N–C) groups is 1. The third-order valence-electron chi connectivity index (χ3n) is 4.24. The van der Waals surface area contributed by atoms with Gasteiger partial charge < -0.3 is 10.6 Å². The molecule has 0 rings (SSSR count). The van der Waals surface area contributed by atoms with Crippen LogP contribution in [0.3, 0.4) is 0 Å². The zero-order valence-corrected chi connectivity index (χ0v) is 15.6. The predicted molar refractivity (Wildman–Crippen MR) is 100 cm³/mol. The van der Waals surface area contributed by atoms with Crippen molar-refractivity contribution in [3.8, 4) is 0 Å². The second kappa shape index (κ2) is 16.6. The number of hydrogen-bond donors (Lipinski definition) is 1. The Hall–Kier alpha value is -0.730. The predicted octanol–water partition coefficient (Wildman–Crippen LogP) is 5.34. The molecule has 2 N–H and O–H groups in total. The molecule has 0 unspecified atom stereocenters. The van der Waals surface area contributed by atoms with E-state index >= 15 is 0 Å². The number of unbranched alkanes of at least 4 members (excludes halogenated alkanes) is 13. The Morgan fingerprint density at radius 3 is 1.41 bits per heavy atom. The summed E-state index contributed by atoms with van der Waals surface area (Å²) in [6.45, 7) is 3.16. The first-order valence-corrected chi connectivity index (χ1v) is 9.65. The molecule has 3 nitrogen and oxygen atoms in total. The van der Waals surface area contributed by atoms with Crippen LogP contribution in [0.25, 0.3) is 0 Å². The topological polar surface area (TPSA) is 41.6 Å². The van der Waals surface area contributed by atoms with Crippen molar-refractivity contribution in [2.24, 2.45) is 10.7 Å². The lowest BCUT2D eigenvalue weighted by Gasteiger charge is -2.10. The van der Waals surface area contributed by atoms with Crippen molar-refractivity contribution in [1.82, 2.24) is 4.90 Å². The molecule has 0 aliphatic carbocycles. The average Bonchev–Trinajstić information content (AvgIpc) is 2.50. The van der Waals surface area contributed by atoms with Crippen molar-refractivity contribution in [2.45, 2.75) is 96.8 Å². The minimum atomic E-state index is 0.648. The molecule has 0 spiro atoms. The van der Waals surface area contributed by atoms with E-state index in [9.17, 15) is 0 Å². The van der Waals surface area contributed by atoms with Crippen LogP contribution in [0, 0.1) is 0 Å². The van der Waals surface area contributed by atoms with Gasteiger partial charge in [0, 0.05) is 20.6 Å². The van der Waals surface area contributed by atoms with Crippen LogP contribution in [0.15, 0.2) is 4.99 Å². The molecule has 0 aliphatic heterocycles. The van der Waals surface area contributed by atoms with Crippen LogP contribution in [0.5, 0.6) is 0 Å². The van der Waals surface area contributed by atoms with E-state index in [-0.39, 0.29) is 0 Å². The molecule has 0 aliphatic rings. The van der Waals surface area contributed by atoms with Gasteiger partial charge in [-0.1, -0.05) is 90.4 Å². The molecule has 0 aromatic heterocycles. The van der Waals surface area contributed by atoms with Crippen LogP contribution in [0.2, 0.25) is 0 Å². The van der Waals surface area contributed by atoms with E-state index in [0.717, 1.165) is 6.54 Å². The van der Waals surface area contributed by atoms with Gasteiger partial charge in [0.2, 0.25) is 0 Å². The average molecular weight is 312 g/mol. The summed E-state index contributed by atoms with van der Waals surface area (Å²) < 4.78 is 0. The van der Waals surface area contributed by atoms with Gasteiger partial charge in [0.25, 0.3) is 0 Å². The maximum absolute atomic E-state index is 5.75. The molecule has 0 fully saturated rings. The summed E-state index contributed by atoms with van der Waals surface area (Å²) in [7, 11) is 3.87. The lowest BCUT2D eigenvalue weighted by Crippen LogP contribution is -2.30. The van der Waals surface area contributed by atoms with E-state index in [1.807, 2.05) is 19.0 Å². The van der Waals surface area contributed by atoms with E-state index in [4.69, 9.17) is 5.73 Å². The Morgan fingerprint density at radius 1 is 0.682 bits per heavy atom. The van der Waals surface area contributed by atoms with E-state index in [0.29, 0.717) is 5.96 Å². The fraction of sp³-hybridized carbons (Fsp3) is 0.947. The van der Waals surface area contributed by atoms with Crippen molar-refractivity contribution in [3.05, 3.63) is 0 Å². The molecule has 0 saturated heterocycles. The lowest BCUT2D eigenvalue weighted by molar-refractivity contribution is 0.536. The summed E-state index contributed by atoms with van der Waals surface area (Å²) in [5, 5.41) is 0. The zero-order valence-electron chi connectivity index (χ0n) is 15.6. The molecule has 0 atom stereocenters. The minimum absolute atomic E-state index is 0.648. The first-order valence-electron chi connectivity index (χ1n) is 9.65. The first-order chi connectivity index (χ1) is 10.7. The highest BCUT2D eigenvalue weighted by molar-refractivity contribution is 5.77. The van der Waals surface area contributed by atoms with Gasteiger partial charge in [0.05, 0.1) is 0 Å². The fourth-order valence-corrected chi connectivity index (χ4v) is 2.64. The van der Waals surface area contributed by atoms with Gasteiger partial charge in [-0.15, -0.1) is 0 Å². The Labute approximate surface area is 139 Å². The number of rotatable bonds is 15. The molecule has 0 heterocycles. The molecule has 0 amide bonds. The standard InChI is InChI=1S/C19H41N3/c1-4-5-6-7-8-9-10-11-12-13-14-15-16-17-18-21-19(20)22(2)3/h4-18H2,1-3H3,(H2,20,21). The second-order valence-corrected chi connectivity index (χ2v) is 6.73. The highest BCUT2D eigenvalue weighted by Crippen LogP contribution is 2.12. The number of nitrogens with two attached hydrogens (primary N) is 1. The summed E-state index contributed by atoms with van der Waals surface area (Å²) in [4.78, 5) is 6.20. The summed E-state index contributed by atoms with van der Waals surface area (Å²) in [5.41, 5.74) is 5.75. The maximum atomic E-state index is 5.75. The molecule has 0 bridgehead atoms. The SMILES string of the molecule is CCCCCCCCCCCCCCCCN=C(N)N(C)C. The van der Waals surface area contributed by atoms with Gasteiger partial charge in [-0.25, -0.2) is 0 Å². The van der Waals surface area contributed by atoms with Crippen molar-refractivity contribution in [2.75, 3.05) is 20.6 Å². The maximum Gasteiger partial charge on any atom is 0.190 e. The molecule has 0 radical (unpaired) electrons. The fourth-order valence-electron chi connectivity index (χ4n) is 2.64. The van der Waals surface area contributed by atoms with Gasteiger partial charge in [-0.05, 0) is 6.42 Å². The summed E-state index contributed by atoms with van der Waals surface area (Å²) in [6, 6.07) is 0. The molecular weight excluding hydrogens is 270 g/mol. The van der Waals surface area contributed by atoms with E-state index in [1.54, 1.807) is 0 Å². The van der Waals surface area contributed by atoms with Crippen molar-refractivity contribution >= 4 is 5.96 Å². The van der Waals surface area contributed by atoms with E-state index in [1.165, 1.54) is 89.9 Å². The third kappa shape index (κ3) is 15.7. The number of nitrogens with zero attached hydrogens (tertiary/aromatic N) is 2.